The minimum absolute atomic E-state index is 0.140. The number of benzene rings is 2. The quantitative estimate of drug-likeness (QED) is 0.428. The average Bonchev–Trinajstić information content (AvgIpc) is 2.74. The molecule has 0 spiro atoms. The second-order valence-electron chi connectivity index (χ2n) is 7.36. The number of anilines is 1. The van der Waals surface area contributed by atoms with E-state index in [9.17, 15) is 18.0 Å². The number of sulfonamides is 1. The molecule has 32 heavy (non-hydrogen) atoms. The lowest BCUT2D eigenvalue weighted by Crippen LogP contribution is -2.51. The number of amides is 2. The van der Waals surface area contributed by atoms with Crippen molar-refractivity contribution in [1.82, 2.24) is 10.2 Å². The van der Waals surface area contributed by atoms with Gasteiger partial charge in [0, 0.05) is 21.7 Å². The molecule has 0 saturated heterocycles. The molecule has 0 aliphatic carbocycles. The predicted molar refractivity (Wildman–Crippen MR) is 136 cm³/mol. The average molecular weight is 592 g/mol. The van der Waals surface area contributed by atoms with Crippen LogP contribution < -0.4 is 9.62 Å². The van der Waals surface area contributed by atoms with E-state index in [1.807, 2.05) is 6.92 Å². The van der Waals surface area contributed by atoms with Gasteiger partial charge in [-0.05, 0) is 77.9 Å². The Bertz CT molecular complexity index is 1030. The molecule has 0 bridgehead atoms. The first kappa shape index (κ1) is 26.4. The Hall–Kier alpha value is -1.85. The molecule has 0 aliphatic heterocycles. The first-order valence-electron chi connectivity index (χ1n) is 10.1. The molecule has 10 heteroatoms. The minimum Gasteiger partial charge on any atom is -0.354 e. The fourth-order valence-electron chi connectivity index (χ4n) is 2.99. The molecule has 7 nitrogen and oxygen atoms in total. The zero-order chi connectivity index (χ0) is 23.9. The van der Waals surface area contributed by atoms with Crippen molar-refractivity contribution in [2.75, 3.05) is 23.7 Å². The molecule has 1 unspecified atom stereocenters. The number of rotatable bonds is 10. The Balaban J connectivity index is 2.34. The van der Waals surface area contributed by atoms with Crippen LogP contribution in [-0.4, -0.2) is 50.5 Å². The monoisotopic (exact) mass is 591 g/mol. The van der Waals surface area contributed by atoms with Crippen molar-refractivity contribution in [2.45, 2.75) is 32.9 Å². The van der Waals surface area contributed by atoms with Crippen molar-refractivity contribution in [3.63, 3.8) is 0 Å². The summed E-state index contributed by atoms with van der Waals surface area (Å²) in [7, 11) is -3.73. The van der Waals surface area contributed by atoms with Crippen molar-refractivity contribution >= 4 is 61.7 Å². The molecular formula is C22H27ClIN3O4S. The maximum Gasteiger partial charge on any atom is 0.244 e. The Morgan fingerprint density at radius 3 is 2.22 bits per heavy atom. The summed E-state index contributed by atoms with van der Waals surface area (Å²) >= 11 is 8.08. The molecule has 0 heterocycles. The maximum absolute atomic E-state index is 13.3. The van der Waals surface area contributed by atoms with Gasteiger partial charge >= 0.3 is 0 Å². The lowest BCUT2D eigenvalue weighted by Gasteiger charge is -2.31. The standard InChI is InChI=1S/C22H27ClIN3O4S/c1-4-13-25-22(29)16(2)26(14-17-5-7-18(23)8-6-17)21(28)15-27(32(3,30)31)20-11-9-19(24)10-12-20/h5-12,16H,4,13-15H2,1-3H3,(H,25,29). The van der Waals surface area contributed by atoms with Crippen molar-refractivity contribution in [1.29, 1.82) is 0 Å². The highest BCUT2D eigenvalue weighted by atomic mass is 127. The van der Waals surface area contributed by atoms with E-state index in [1.165, 1.54) is 4.90 Å². The van der Waals surface area contributed by atoms with Crippen LogP contribution in [0.2, 0.25) is 5.02 Å². The third-order valence-corrected chi connectivity index (χ3v) is 6.89. The zero-order valence-corrected chi connectivity index (χ0v) is 21.9. The molecule has 1 N–H and O–H groups in total. The third kappa shape index (κ3) is 7.63. The second-order valence-corrected chi connectivity index (χ2v) is 11.0. The van der Waals surface area contributed by atoms with Crippen molar-refractivity contribution in [3.05, 3.63) is 62.7 Å². The summed E-state index contributed by atoms with van der Waals surface area (Å²) in [5.74, 6) is -0.780. The molecule has 0 fully saturated rings. The van der Waals surface area contributed by atoms with Gasteiger partial charge in [-0.1, -0.05) is 30.7 Å². The Kier molecular flexibility index (Phi) is 9.78. The predicted octanol–water partition coefficient (Wildman–Crippen LogP) is 3.65. The van der Waals surface area contributed by atoms with Crippen LogP contribution in [0.4, 0.5) is 5.69 Å². The summed E-state index contributed by atoms with van der Waals surface area (Å²) in [6.45, 7) is 3.78. The molecule has 0 saturated carbocycles. The van der Waals surface area contributed by atoms with Crippen LogP contribution in [0.5, 0.6) is 0 Å². The maximum atomic E-state index is 13.3. The van der Waals surface area contributed by atoms with Gasteiger partial charge < -0.3 is 10.2 Å². The van der Waals surface area contributed by atoms with Crippen molar-refractivity contribution in [2.24, 2.45) is 0 Å². The first-order valence-corrected chi connectivity index (χ1v) is 13.4. The minimum atomic E-state index is -3.73. The molecule has 174 valence electrons. The summed E-state index contributed by atoms with van der Waals surface area (Å²) in [6.07, 6.45) is 1.82. The summed E-state index contributed by atoms with van der Waals surface area (Å²) < 4.78 is 26.9. The highest BCUT2D eigenvalue weighted by Gasteiger charge is 2.29. The number of nitrogens with one attached hydrogen (secondary N) is 1. The Labute approximate surface area is 208 Å². The fourth-order valence-corrected chi connectivity index (χ4v) is 4.32. The van der Waals surface area contributed by atoms with Gasteiger partial charge in [0.15, 0.2) is 0 Å². The number of carbonyl (C=O) groups is 2. The first-order chi connectivity index (χ1) is 15.0. The molecule has 0 radical (unpaired) electrons. The van der Waals surface area contributed by atoms with Gasteiger partial charge in [0.05, 0.1) is 11.9 Å². The van der Waals surface area contributed by atoms with Crippen LogP contribution in [0.1, 0.15) is 25.8 Å². The largest absolute Gasteiger partial charge is 0.354 e. The number of nitrogens with zero attached hydrogens (tertiary/aromatic N) is 2. The molecule has 0 aromatic heterocycles. The van der Waals surface area contributed by atoms with E-state index in [0.717, 1.165) is 26.1 Å². The molecular weight excluding hydrogens is 565 g/mol. The van der Waals surface area contributed by atoms with E-state index in [1.54, 1.807) is 55.5 Å². The molecule has 1 atom stereocenters. The smallest absolute Gasteiger partial charge is 0.244 e. The highest BCUT2D eigenvalue weighted by molar-refractivity contribution is 14.1. The lowest BCUT2D eigenvalue weighted by molar-refractivity contribution is -0.139. The van der Waals surface area contributed by atoms with Crippen LogP contribution in [0, 0.1) is 3.57 Å². The normalized spacial score (nSPS) is 12.2. The van der Waals surface area contributed by atoms with Crippen molar-refractivity contribution in [3.8, 4) is 0 Å². The Morgan fingerprint density at radius 2 is 1.69 bits per heavy atom. The van der Waals surface area contributed by atoms with E-state index in [0.29, 0.717) is 17.3 Å². The summed E-state index contributed by atoms with van der Waals surface area (Å²) in [4.78, 5) is 27.4. The topological polar surface area (TPSA) is 86.8 Å². The summed E-state index contributed by atoms with van der Waals surface area (Å²) in [5, 5.41) is 3.35. The third-order valence-electron chi connectivity index (χ3n) is 4.78. The van der Waals surface area contributed by atoms with Gasteiger partial charge in [-0.15, -0.1) is 0 Å². The number of halogens is 2. The highest BCUT2D eigenvalue weighted by Crippen LogP contribution is 2.20. The van der Waals surface area contributed by atoms with E-state index >= 15 is 0 Å². The molecule has 2 amide bonds. The molecule has 2 aromatic rings. The Morgan fingerprint density at radius 1 is 1.09 bits per heavy atom. The molecule has 0 aliphatic rings. The van der Waals surface area contributed by atoms with E-state index in [4.69, 9.17) is 11.6 Å². The van der Waals surface area contributed by atoms with Gasteiger partial charge in [-0.3, -0.25) is 13.9 Å². The number of carbonyl (C=O) groups excluding carboxylic acids is 2. The lowest BCUT2D eigenvalue weighted by atomic mass is 10.1. The molecule has 2 rings (SSSR count). The van der Waals surface area contributed by atoms with Gasteiger partial charge in [0.2, 0.25) is 21.8 Å². The van der Waals surface area contributed by atoms with Crippen LogP contribution in [-0.2, 0) is 26.2 Å². The van der Waals surface area contributed by atoms with Gasteiger partial charge in [0.1, 0.15) is 12.6 Å². The summed E-state index contributed by atoms with van der Waals surface area (Å²) in [5.41, 5.74) is 1.16. The van der Waals surface area contributed by atoms with Crippen LogP contribution in [0.25, 0.3) is 0 Å². The van der Waals surface area contributed by atoms with Crippen LogP contribution in [0.3, 0.4) is 0 Å². The number of hydrogen-bond donors (Lipinski definition) is 1. The van der Waals surface area contributed by atoms with Gasteiger partial charge in [-0.2, -0.15) is 0 Å². The zero-order valence-electron chi connectivity index (χ0n) is 18.2. The van der Waals surface area contributed by atoms with Crippen LogP contribution in [0.15, 0.2) is 48.5 Å². The van der Waals surface area contributed by atoms with Crippen LogP contribution >= 0.6 is 34.2 Å². The SMILES string of the molecule is CCCNC(=O)C(C)N(Cc1ccc(Cl)cc1)C(=O)CN(c1ccc(I)cc1)S(C)(=O)=O. The van der Waals surface area contributed by atoms with Gasteiger partial charge in [0.25, 0.3) is 0 Å². The van der Waals surface area contributed by atoms with Gasteiger partial charge in [-0.25, -0.2) is 8.42 Å². The fraction of sp³-hybridized carbons (Fsp3) is 0.364. The second kappa shape index (κ2) is 11.9. The summed E-state index contributed by atoms with van der Waals surface area (Å²) in [6, 6.07) is 13.0. The van der Waals surface area contributed by atoms with E-state index < -0.39 is 28.5 Å². The van der Waals surface area contributed by atoms with Crippen molar-refractivity contribution < 1.29 is 18.0 Å². The van der Waals surface area contributed by atoms with E-state index in [-0.39, 0.29) is 12.5 Å². The molecule has 2 aromatic carbocycles. The van der Waals surface area contributed by atoms with E-state index in [2.05, 4.69) is 27.9 Å². The number of hydrogen-bond acceptors (Lipinski definition) is 4.